The van der Waals surface area contributed by atoms with Gasteiger partial charge < -0.3 is 18.8 Å². The third-order valence-electron chi connectivity index (χ3n) is 3.85. The maximum atomic E-state index is 14.5. The molecule has 3 heterocycles. The van der Waals surface area contributed by atoms with Crippen molar-refractivity contribution in [2.45, 2.75) is 6.61 Å². The fraction of sp³-hybridized carbons (Fsp3) is 0.188. The Balaban J connectivity index is 1.86. The minimum atomic E-state index is -3.09. The first-order valence-electron chi connectivity index (χ1n) is 7.54. The molecule has 0 atom stereocenters. The smallest absolute Gasteiger partial charge is 0.388 e. The van der Waals surface area contributed by atoms with Crippen molar-refractivity contribution in [3.63, 3.8) is 0 Å². The molecule has 11 heteroatoms. The highest BCUT2D eigenvalue weighted by Crippen LogP contribution is 2.43. The lowest BCUT2D eigenvalue weighted by Gasteiger charge is -2.11. The highest BCUT2D eigenvalue weighted by Gasteiger charge is 2.27. The maximum Gasteiger partial charge on any atom is 0.388 e. The number of nitrogens with zero attached hydrogens (tertiary/aromatic N) is 4. The Morgan fingerprint density at radius 3 is 2.78 bits per heavy atom. The Morgan fingerprint density at radius 2 is 2.00 bits per heavy atom. The van der Waals surface area contributed by atoms with Crippen molar-refractivity contribution in [3.8, 4) is 40.2 Å². The van der Waals surface area contributed by atoms with Crippen molar-refractivity contribution in [1.29, 1.82) is 0 Å². The van der Waals surface area contributed by atoms with Crippen LogP contribution in [0.1, 0.15) is 0 Å². The average Bonchev–Trinajstić information content (AvgIpc) is 3.23. The van der Waals surface area contributed by atoms with Gasteiger partial charge in [-0.3, -0.25) is 0 Å². The molecule has 140 valence electrons. The molecule has 0 saturated heterocycles. The van der Waals surface area contributed by atoms with E-state index in [0.29, 0.717) is 5.75 Å². The van der Waals surface area contributed by atoms with E-state index < -0.39 is 12.4 Å². The van der Waals surface area contributed by atoms with Gasteiger partial charge >= 0.3 is 6.61 Å². The summed E-state index contributed by atoms with van der Waals surface area (Å²) in [6.07, 6.45) is 1.16. The van der Waals surface area contributed by atoms with Crippen LogP contribution in [0.3, 0.4) is 0 Å². The molecule has 0 fully saturated rings. The molecule has 1 aliphatic heterocycles. The maximum absolute atomic E-state index is 14.5. The number of benzene rings is 1. The number of rotatable bonds is 4. The first-order chi connectivity index (χ1) is 13.0. The number of aromatic nitrogens is 4. The Hall–Kier alpha value is -3.01. The molecule has 7 nitrogen and oxygen atoms in total. The summed E-state index contributed by atoms with van der Waals surface area (Å²) in [5, 5.41) is 8.12. The molecule has 0 saturated carbocycles. The minimum absolute atomic E-state index is 0.0394. The molecule has 0 unspecified atom stereocenters. The average molecular weight is 399 g/mol. The van der Waals surface area contributed by atoms with Crippen molar-refractivity contribution < 1.29 is 27.4 Å². The van der Waals surface area contributed by atoms with Crippen LogP contribution in [0.5, 0.6) is 17.4 Å². The van der Waals surface area contributed by atoms with Crippen LogP contribution in [0.15, 0.2) is 24.4 Å². The number of halogens is 4. The number of hydrogen-bond acceptors (Lipinski definition) is 6. The Bertz CT molecular complexity index is 1030. The van der Waals surface area contributed by atoms with Crippen LogP contribution in [0.2, 0.25) is 5.02 Å². The quantitative estimate of drug-likeness (QED) is 0.668. The number of fused-ring (bicyclic) bond motifs is 1. The Morgan fingerprint density at radius 1 is 1.22 bits per heavy atom. The summed E-state index contributed by atoms with van der Waals surface area (Å²) in [7, 11) is 1.53. The van der Waals surface area contributed by atoms with Gasteiger partial charge in [0.2, 0.25) is 12.7 Å². The van der Waals surface area contributed by atoms with Gasteiger partial charge in [0, 0.05) is 13.2 Å². The van der Waals surface area contributed by atoms with Crippen molar-refractivity contribution in [1.82, 2.24) is 19.7 Å². The highest BCUT2D eigenvalue weighted by atomic mass is 35.5. The monoisotopic (exact) mass is 398 g/mol. The van der Waals surface area contributed by atoms with Crippen LogP contribution in [-0.2, 0) is 7.05 Å². The summed E-state index contributed by atoms with van der Waals surface area (Å²) >= 11 is 5.92. The summed E-state index contributed by atoms with van der Waals surface area (Å²) in [4.78, 5) is 3.76. The Labute approximate surface area is 155 Å². The fourth-order valence-electron chi connectivity index (χ4n) is 2.70. The molecule has 0 amide bonds. The molecule has 0 radical (unpaired) electrons. The summed E-state index contributed by atoms with van der Waals surface area (Å²) in [6.45, 7) is -3.15. The molecular formula is C16H10ClF3N4O3. The van der Waals surface area contributed by atoms with Crippen LogP contribution < -0.4 is 14.2 Å². The summed E-state index contributed by atoms with van der Waals surface area (Å²) in [5.74, 6) is -0.226. The van der Waals surface area contributed by atoms with Crippen molar-refractivity contribution >= 4 is 11.6 Å². The second-order valence-corrected chi connectivity index (χ2v) is 5.88. The predicted molar refractivity (Wildman–Crippen MR) is 87.4 cm³/mol. The lowest BCUT2D eigenvalue weighted by atomic mass is 10.1. The van der Waals surface area contributed by atoms with E-state index in [1.807, 2.05) is 0 Å². The zero-order chi connectivity index (χ0) is 19.1. The lowest BCUT2D eigenvalue weighted by Crippen LogP contribution is -2.06. The van der Waals surface area contributed by atoms with E-state index in [1.54, 1.807) is 0 Å². The molecule has 0 aliphatic carbocycles. The van der Waals surface area contributed by atoms with Gasteiger partial charge in [-0.2, -0.15) is 8.78 Å². The van der Waals surface area contributed by atoms with E-state index in [0.717, 1.165) is 6.20 Å². The number of hydrogen-bond donors (Lipinski definition) is 0. The lowest BCUT2D eigenvalue weighted by molar-refractivity contribution is -0.0524. The molecule has 0 spiro atoms. The SMILES string of the molecule is Cn1c(-c2cc(Cl)cnc2OC(F)F)nnc1-c1c(F)ccc2c1OCO2. The number of alkyl halides is 2. The molecule has 0 N–H and O–H groups in total. The second kappa shape index (κ2) is 6.62. The molecule has 0 bridgehead atoms. The van der Waals surface area contributed by atoms with E-state index in [2.05, 4.69) is 19.9 Å². The van der Waals surface area contributed by atoms with Crippen LogP contribution in [0.25, 0.3) is 22.8 Å². The second-order valence-electron chi connectivity index (χ2n) is 5.45. The van der Waals surface area contributed by atoms with Gasteiger partial charge in [0.15, 0.2) is 23.1 Å². The van der Waals surface area contributed by atoms with Crippen LogP contribution >= 0.6 is 11.6 Å². The normalized spacial score (nSPS) is 12.7. The van der Waals surface area contributed by atoms with Gasteiger partial charge in [0.1, 0.15) is 11.4 Å². The van der Waals surface area contributed by atoms with E-state index in [-0.39, 0.29) is 46.2 Å². The van der Waals surface area contributed by atoms with E-state index >= 15 is 0 Å². The zero-order valence-electron chi connectivity index (χ0n) is 13.6. The zero-order valence-corrected chi connectivity index (χ0v) is 14.4. The van der Waals surface area contributed by atoms with Crippen LogP contribution in [-0.4, -0.2) is 33.2 Å². The van der Waals surface area contributed by atoms with Gasteiger partial charge in [-0.25, -0.2) is 9.37 Å². The molecule has 3 aromatic rings. The molecule has 27 heavy (non-hydrogen) atoms. The van der Waals surface area contributed by atoms with Gasteiger partial charge in [0.05, 0.1) is 10.6 Å². The van der Waals surface area contributed by atoms with Crippen molar-refractivity contribution in [3.05, 3.63) is 35.2 Å². The minimum Gasteiger partial charge on any atom is -0.454 e. The third-order valence-corrected chi connectivity index (χ3v) is 4.05. The van der Waals surface area contributed by atoms with E-state index in [4.69, 9.17) is 21.1 Å². The molecule has 1 aromatic carbocycles. The van der Waals surface area contributed by atoms with Gasteiger partial charge in [-0.15, -0.1) is 10.2 Å². The van der Waals surface area contributed by atoms with Gasteiger partial charge in [-0.1, -0.05) is 11.6 Å². The first kappa shape index (κ1) is 17.4. The summed E-state index contributed by atoms with van der Waals surface area (Å²) in [6, 6.07) is 4.00. The first-order valence-corrected chi connectivity index (χ1v) is 7.92. The third kappa shape index (κ3) is 3.01. The van der Waals surface area contributed by atoms with Gasteiger partial charge in [-0.05, 0) is 18.2 Å². The fourth-order valence-corrected chi connectivity index (χ4v) is 2.86. The molecule has 2 aromatic heterocycles. The van der Waals surface area contributed by atoms with E-state index in [9.17, 15) is 13.2 Å². The van der Waals surface area contributed by atoms with E-state index in [1.165, 1.54) is 29.8 Å². The molecular weight excluding hydrogens is 389 g/mol. The van der Waals surface area contributed by atoms with Crippen LogP contribution in [0, 0.1) is 5.82 Å². The van der Waals surface area contributed by atoms with Crippen molar-refractivity contribution in [2.75, 3.05) is 6.79 Å². The summed E-state index contributed by atoms with van der Waals surface area (Å²) < 4.78 is 56.2. The largest absolute Gasteiger partial charge is 0.454 e. The highest BCUT2D eigenvalue weighted by molar-refractivity contribution is 6.30. The Kier molecular flexibility index (Phi) is 4.27. The van der Waals surface area contributed by atoms with Crippen LogP contribution in [0.4, 0.5) is 13.2 Å². The number of pyridine rings is 1. The summed E-state index contributed by atoms with van der Waals surface area (Å²) in [5.41, 5.74) is 0.117. The molecule has 4 rings (SSSR count). The van der Waals surface area contributed by atoms with Gasteiger partial charge in [0.25, 0.3) is 0 Å². The topological polar surface area (TPSA) is 71.3 Å². The standard InChI is InChI=1S/C16H10ClF3N4O3/c1-24-13(8-4-7(17)5-21-15(8)27-16(19)20)22-23-14(24)11-9(18)2-3-10-12(11)26-6-25-10/h2-5,16H,6H2,1H3. The predicted octanol–water partition coefficient (Wildman–Crippen LogP) is 3.67. The van der Waals surface area contributed by atoms with Crippen molar-refractivity contribution in [2.24, 2.45) is 7.05 Å². The molecule has 1 aliphatic rings. The number of ether oxygens (including phenoxy) is 3.